The standard InChI is InChI=1S/C32H41N7O9/c1-20-18-36(15-16-37(20)32(46)47)30(44)23(12-13-28(41)42)33-29(43)24-17-27(39(34-24)22-7-4-3-5-8-22)48-19-26(40)38-14-6-9-25(38)31(45)35(2)21-10-11-21/h3-5,7-8,17,20-21,23,25H,6,9-16,18-19H2,1-2H3,(H,33,43)(H,41,42)(H,46,47)/t20-,23+,25+/m1/s1. The summed E-state index contributed by atoms with van der Waals surface area (Å²) in [5, 5.41) is 25.7. The first-order valence-corrected chi connectivity index (χ1v) is 16.1. The third-order valence-electron chi connectivity index (χ3n) is 8.99. The quantitative estimate of drug-likeness (QED) is 0.294. The van der Waals surface area contributed by atoms with Crippen molar-refractivity contribution in [1.82, 2.24) is 34.7 Å². The monoisotopic (exact) mass is 667 g/mol. The topological polar surface area (TPSA) is 195 Å². The molecule has 5 amide bonds. The summed E-state index contributed by atoms with van der Waals surface area (Å²) in [6.45, 7) is 1.93. The Balaban J connectivity index is 1.31. The number of hydrogen-bond acceptors (Lipinski definition) is 8. The van der Waals surface area contributed by atoms with E-state index in [-0.39, 0.29) is 55.5 Å². The molecule has 16 heteroatoms. The first-order valence-electron chi connectivity index (χ1n) is 16.1. The number of ether oxygens (including phenoxy) is 1. The van der Waals surface area contributed by atoms with E-state index in [0.717, 1.165) is 12.8 Å². The van der Waals surface area contributed by atoms with Crippen LogP contribution >= 0.6 is 0 Å². The fourth-order valence-corrected chi connectivity index (χ4v) is 6.17. The molecule has 3 aliphatic rings. The number of carbonyl (C=O) groups excluding carboxylic acids is 4. The molecule has 258 valence electrons. The van der Waals surface area contributed by atoms with Crippen molar-refractivity contribution in [2.24, 2.45) is 0 Å². The van der Waals surface area contributed by atoms with Crippen molar-refractivity contribution >= 4 is 35.7 Å². The highest BCUT2D eigenvalue weighted by Gasteiger charge is 2.40. The van der Waals surface area contributed by atoms with Gasteiger partial charge in [0.25, 0.3) is 11.8 Å². The minimum absolute atomic E-state index is 0.0731. The number of amides is 5. The van der Waals surface area contributed by atoms with Crippen LogP contribution in [0, 0.1) is 0 Å². The maximum Gasteiger partial charge on any atom is 0.407 e. The Morgan fingerprint density at radius 1 is 1.02 bits per heavy atom. The van der Waals surface area contributed by atoms with Crippen molar-refractivity contribution in [3.63, 3.8) is 0 Å². The molecule has 48 heavy (non-hydrogen) atoms. The van der Waals surface area contributed by atoms with E-state index in [1.807, 2.05) is 0 Å². The van der Waals surface area contributed by atoms with Crippen molar-refractivity contribution in [3.05, 3.63) is 42.1 Å². The fourth-order valence-electron chi connectivity index (χ4n) is 6.17. The number of nitrogens with zero attached hydrogens (tertiary/aromatic N) is 6. The van der Waals surface area contributed by atoms with Gasteiger partial charge in [0.05, 0.1) is 5.69 Å². The maximum atomic E-state index is 13.5. The minimum atomic E-state index is -1.22. The number of piperazine rings is 1. The lowest BCUT2D eigenvalue weighted by Gasteiger charge is -2.39. The van der Waals surface area contributed by atoms with Gasteiger partial charge in [-0.1, -0.05) is 18.2 Å². The van der Waals surface area contributed by atoms with Crippen LogP contribution in [0.5, 0.6) is 5.88 Å². The molecule has 1 aromatic heterocycles. The van der Waals surface area contributed by atoms with E-state index in [1.54, 1.807) is 49.2 Å². The SMILES string of the molecule is C[C@@H]1CN(C(=O)[C@H](CCC(=O)O)NC(=O)c2cc(OCC(=O)N3CCC[C@H]3C(=O)N(C)C3CC3)n(-c3ccccc3)n2)CCN1C(=O)O. The Bertz CT molecular complexity index is 1540. The average molecular weight is 668 g/mol. The Kier molecular flexibility index (Phi) is 10.5. The van der Waals surface area contributed by atoms with Crippen LogP contribution in [0.3, 0.4) is 0 Å². The van der Waals surface area contributed by atoms with Gasteiger partial charge >= 0.3 is 12.1 Å². The number of carboxylic acids is 1. The number of carboxylic acid groups (broad SMARTS) is 2. The molecule has 5 rings (SSSR count). The molecule has 2 aliphatic heterocycles. The summed E-state index contributed by atoms with van der Waals surface area (Å²) >= 11 is 0. The molecule has 3 N–H and O–H groups in total. The van der Waals surface area contributed by atoms with E-state index in [9.17, 15) is 39.0 Å². The van der Waals surface area contributed by atoms with Crippen LogP contribution < -0.4 is 10.1 Å². The second-order valence-corrected chi connectivity index (χ2v) is 12.4. The summed E-state index contributed by atoms with van der Waals surface area (Å²) in [5.74, 6) is -2.84. The van der Waals surface area contributed by atoms with E-state index in [4.69, 9.17) is 4.74 Å². The molecule has 2 aromatic rings. The zero-order chi connectivity index (χ0) is 34.5. The summed E-state index contributed by atoms with van der Waals surface area (Å²) in [7, 11) is 1.77. The van der Waals surface area contributed by atoms with Crippen molar-refractivity contribution in [1.29, 1.82) is 0 Å². The minimum Gasteiger partial charge on any atom is -0.481 e. The van der Waals surface area contributed by atoms with Crippen LogP contribution in [0.2, 0.25) is 0 Å². The highest BCUT2D eigenvalue weighted by atomic mass is 16.5. The predicted molar refractivity (Wildman–Crippen MR) is 168 cm³/mol. The molecular weight excluding hydrogens is 626 g/mol. The molecule has 2 saturated heterocycles. The number of benzene rings is 1. The van der Waals surface area contributed by atoms with Crippen LogP contribution in [0.1, 0.15) is 55.9 Å². The van der Waals surface area contributed by atoms with Gasteiger partial charge in [-0.15, -0.1) is 0 Å². The van der Waals surface area contributed by atoms with Crippen LogP contribution in [-0.4, -0.2) is 139 Å². The van der Waals surface area contributed by atoms with Crippen molar-refractivity contribution in [2.75, 3.05) is 39.8 Å². The van der Waals surface area contributed by atoms with Gasteiger partial charge in [-0.05, 0) is 51.2 Å². The number of aromatic nitrogens is 2. The number of nitrogens with one attached hydrogen (secondary N) is 1. The van der Waals surface area contributed by atoms with E-state index in [2.05, 4.69) is 10.4 Å². The third kappa shape index (κ3) is 7.86. The smallest absolute Gasteiger partial charge is 0.407 e. The summed E-state index contributed by atoms with van der Waals surface area (Å²) in [5.41, 5.74) is 0.391. The summed E-state index contributed by atoms with van der Waals surface area (Å²) in [6, 6.07) is 8.05. The number of hydrogen-bond donors (Lipinski definition) is 3. The molecule has 1 aromatic carbocycles. The predicted octanol–water partition coefficient (Wildman–Crippen LogP) is 1.04. The molecule has 1 saturated carbocycles. The molecule has 0 unspecified atom stereocenters. The van der Waals surface area contributed by atoms with Crippen LogP contribution in [-0.2, 0) is 19.2 Å². The van der Waals surface area contributed by atoms with Crippen LogP contribution in [0.4, 0.5) is 4.79 Å². The molecule has 0 spiro atoms. The summed E-state index contributed by atoms with van der Waals surface area (Å²) in [4.78, 5) is 82.1. The number of carbonyl (C=O) groups is 6. The van der Waals surface area contributed by atoms with E-state index >= 15 is 0 Å². The highest BCUT2D eigenvalue weighted by Crippen LogP contribution is 2.29. The number of rotatable bonds is 12. The van der Waals surface area contributed by atoms with Gasteiger partial charge in [-0.3, -0.25) is 24.0 Å². The lowest BCUT2D eigenvalue weighted by molar-refractivity contribution is -0.144. The molecule has 3 atom stereocenters. The number of para-hydroxylation sites is 1. The lowest BCUT2D eigenvalue weighted by Crippen LogP contribution is -2.58. The first-order chi connectivity index (χ1) is 22.9. The zero-order valence-electron chi connectivity index (χ0n) is 27.0. The van der Waals surface area contributed by atoms with Crippen LogP contribution in [0.15, 0.2) is 36.4 Å². The normalized spacial score (nSPS) is 19.8. The van der Waals surface area contributed by atoms with Gasteiger partial charge in [0.2, 0.25) is 17.7 Å². The number of likely N-dealkylation sites (tertiary alicyclic amines) is 1. The van der Waals surface area contributed by atoms with Crippen molar-refractivity contribution in [2.45, 2.75) is 69.6 Å². The Hall–Kier alpha value is -5.15. The molecule has 0 radical (unpaired) electrons. The number of likely N-dealkylation sites (N-methyl/N-ethyl adjacent to an activating group) is 1. The Morgan fingerprint density at radius 3 is 2.40 bits per heavy atom. The fraction of sp³-hybridized carbons (Fsp3) is 0.531. The molecule has 0 bridgehead atoms. The number of aliphatic carboxylic acids is 1. The summed E-state index contributed by atoms with van der Waals surface area (Å²) in [6.07, 6.45) is 1.50. The first kappa shape index (κ1) is 34.2. The maximum absolute atomic E-state index is 13.5. The van der Waals surface area contributed by atoms with Gasteiger partial charge in [0.15, 0.2) is 12.3 Å². The van der Waals surface area contributed by atoms with Crippen molar-refractivity contribution in [3.8, 4) is 11.6 Å². The van der Waals surface area contributed by atoms with Gasteiger partial charge in [-0.2, -0.15) is 5.10 Å². The largest absolute Gasteiger partial charge is 0.481 e. The molecule has 16 nitrogen and oxygen atoms in total. The second-order valence-electron chi connectivity index (χ2n) is 12.4. The van der Waals surface area contributed by atoms with Gasteiger partial charge < -0.3 is 39.9 Å². The third-order valence-corrected chi connectivity index (χ3v) is 8.99. The highest BCUT2D eigenvalue weighted by molar-refractivity contribution is 5.96. The van der Waals surface area contributed by atoms with E-state index in [1.165, 1.54) is 25.4 Å². The van der Waals surface area contributed by atoms with Crippen molar-refractivity contribution < 1.29 is 43.7 Å². The van der Waals surface area contributed by atoms with E-state index in [0.29, 0.717) is 25.1 Å². The van der Waals surface area contributed by atoms with Gasteiger partial charge in [0, 0.05) is 57.8 Å². The Labute approximate surface area is 277 Å². The molecule has 3 heterocycles. The van der Waals surface area contributed by atoms with Gasteiger partial charge in [0.1, 0.15) is 12.1 Å². The molecule has 3 fully saturated rings. The van der Waals surface area contributed by atoms with Crippen LogP contribution in [0.25, 0.3) is 5.69 Å². The second kappa shape index (κ2) is 14.7. The summed E-state index contributed by atoms with van der Waals surface area (Å²) < 4.78 is 7.26. The Morgan fingerprint density at radius 2 is 1.75 bits per heavy atom. The molecular formula is C32H41N7O9. The average Bonchev–Trinajstić information content (AvgIpc) is 3.64. The zero-order valence-corrected chi connectivity index (χ0v) is 27.0. The van der Waals surface area contributed by atoms with Gasteiger partial charge in [-0.25, -0.2) is 9.48 Å². The lowest BCUT2D eigenvalue weighted by atomic mass is 10.1. The molecule has 1 aliphatic carbocycles. The van der Waals surface area contributed by atoms with E-state index < -0.39 is 55.0 Å².